The van der Waals surface area contributed by atoms with Crippen LogP contribution in [0.4, 0.5) is 62.6 Å². The zero-order chi connectivity index (χ0) is 68.4. The van der Waals surface area contributed by atoms with Gasteiger partial charge in [-0.05, 0) is 246 Å². The number of benzene rings is 13. The first-order valence-corrected chi connectivity index (χ1v) is 37.3. The van der Waals surface area contributed by atoms with Crippen molar-refractivity contribution < 1.29 is 9.47 Å². The van der Waals surface area contributed by atoms with E-state index in [1.807, 2.05) is 22.7 Å². The molecule has 0 radical (unpaired) electrons. The van der Waals surface area contributed by atoms with Crippen molar-refractivity contribution in [1.82, 2.24) is 0 Å². The van der Waals surface area contributed by atoms with Crippen molar-refractivity contribution >= 4 is 173 Å². The molecule has 0 unspecified atom stereocenters. The number of hydrogen-bond donors (Lipinski definition) is 1. The number of aryl methyl sites for hydroxylation is 9. The first kappa shape index (κ1) is 59.6. The molecule has 6 aliphatic heterocycles. The molecule has 8 heterocycles. The van der Waals surface area contributed by atoms with E-state index in [0.29, 0.717) is 0 Å². The van der Waals surface area contributed by atoms with Crippen LogP contribution in [-0.4, -0.2) is 20.1 Å². The number of thiophene rings is 2. The number of hydrogen-bond acceptors (Lipinski definition) is 8. The van der Waals surface area contributed by atoms with Crippen LogP contribution < -0.4 is 77.3 Å². The molecule has 21 rings (SSSR count). The molecule has 2 aromatic heterocycles. The molecule has 102 heavy (non-hydrogen) atoms. The van der Waals surface area contributed by atoms with Crippen molar-refractivity contribution in [2.45, 2.75) is 62.3 Å². The summed E-state index contributed by atoms with van der Waals surface area (Å²) in [4.78, 5) is 7.78. The summed E-state index contributed by atoms with van der Waals surface area (Å²) in [5, 5.41) is 6.70. The third-order valence-corrected chi connectivity index (χ3v) is 25.2. The normalized spacial score (nSPS) is 13.7. The van der Waals surface area contributed by atoms with Gasteiger partial charge in [0.15, 0.2) is 0 Å². The highest BCUT2D eigenvalue weighted by Gasteiger charge is 2.51. The molecule has 484 valence electrons. The van der Waals surface area contributed by atoms with Gasteiger partial charge in [-0.2, -0.15) is 0 Å². The Morgan fingerprint density at radius 3 is 1.37 bits per heavy atom. The molecular formula is C91H67B3N4O2S2. The number of para-hydroxylation sites is 1. The standard InChI is InChI=1S/C91H67B3N4O2S2/c1-49-35-54(6)86(55(7)36-49)97-73-47-71-67(93-83-72(95-71)39-58(62-28-16-13-23-51(62)3)40-75(83)96(61-26-11-10-12-27-61)88-65-31-19-21-33-81(65)101-90(88)93)45-68(73)92-70-46-69-74(48-78(70)99-79-43-59(41-76(97)84(79)92)63-29-17-14-24-52(63)4)98(87-56(8)37-50(2)38-57(87)9)77-42-60(64-30-18-15-25-53(64)5)44-80-85(77)94(69)91-89(100-80)66-32-20-22-34-82(66)102-91/h10-48,95H,1-9H3. The van der Waals surface area contributed by atoms with Gasteiger partial charge in [0.25, 0.3) is 20.1 Å². The smallest absolute Gasteiger partial charge is 0.268 e. The fourth-order valence-corrected chi connectivity index (χ4v) is 21.3. The van der Waals surface area contributed by atoms with E-state index in [4.69, 9.17) is 9.47 Å². The van der Waals surface area contributed by atoms with Gasteiger partial charge in [0.2, 0.25) is 0 Å². The lowest BCUT2D eigenvalue weighted by Gasteiger charge is -2.45. The van der Waals surface area contributed by atoms with E-state index in [1.165, 1.54) is 141 Å². The van der Waals surface area contributed by atoms with E-state index >= 15 is 0 Å². The van der Waals surface area contributed by atoms with Gasteiger partial charge in [-0.3, -0.25) is 0 Å². The zero-order valence-corrected chi connectivity index (χ0v) is 59.9. The van der Waals surface area contributed by atoms with Gasteiger partial charge in [-0.1, -0.05) is 169 Å². The van der Waals surface area contributed by atoms with Crippen LogP contribution in [0.3, 0.4) is 0 Å². The summed E-state index contributed by atoms with van der Waals surface area (Å²) in [6.07, 6.45) is 0. The Labute approximate surface area is 604 Å². The van der Waals surface area contributed by atoms with Gasteiger partial charge in [0, 0.05) is 81.3 Å². The number of nitrogens with zero attached hydrogens (tertiary/aromatic N) is 3. The monoisotopic (exact) mass is 1340 g/mol. The Kier molecular flexibility index (Phi) is 12.8. The van der Waals surface area contributed by atoms with Crippen molar-refractivity contribution in [1.29, 1.82) is 0 Å². The van der Waals surface area contributed by atoms with Gasteiger partial charge >= 0.3 is 0 Å². The Hall–Kier alpha value is -11.2. The minimum Gasteiger partial charge on any atom is -0.458 e. The average molecular weight is 1350 g/mol. The maximum atomic E-state index is 7.98. The molecule has 1 N–H and O–H groups in total. The van der Waals surface area contributed by atoms with Gasteiger partial charge in [0.1, 0.15) is 23.0 Å². The summed E-state index contributed by atoms with van der Waals surface area (Å²) in [6, 6.07) is 89.6. The molecule has 0 spiro atoms. The highest BCUT2D eigenvalue weighted by Crippen LogP contribution is 2.53. The molecule has 0 saturated heterocycles. The lowest BCUT2D eigenvalue weighted by Crippen LogP contribution is -2.65. The molecule has 6 nitrogen and oxygen atoms in total. The van der Waals surface area contributed by atoms with Crippen LogP contribution in [-0.2, 0) is 0 Å². The van der Waals surface area contributed by atoms with E-state index in [2.05, 4.69) is 319 Å². The van der Waals surface area contributed by atoms with Crippen molar-refractivity contribution in [2.75, 3.05) is 20.0 Å². The molecule has 15 aromatic rings. The van der Waals surface area contributed by atoms with Crippen molar-refractivity contribution in [2.24, 2.45) is 0 Å². The van der Waals surface area contributed by atoms with E-state index in [-0.39, 0.29) is 20.1 Å². The van der Waals surface area contributed by atoms with E-state index in [1.54, 1.807) is 0 Å². The van der Waals surface area contributed by atoms with Gasteiger partial charge in [0.05, 0.1) is 17.1 Å². The van der Waals surface area contributed by atoms with E-state index in [0.717, 1.165) is 95.9 Å². The summed E-state index contributed by atoms with van der Waals surface area (Å²) >= 11 is 3.81. The predicted molar refractivity (Wildman–Crippen MR) is 437 cm³/mol. The topological polar surface area (TPSA) is 40.2 Å². The molecule has 0 amide bonds. The Bertz CT molecular complexity index is 6200. The highest BCUT2D eigenvalue weighted by atomic mass is 32.1. The lowest BCUT2D eigenvalue weighted by atomic mass is 9.30. The van der Waals surface area contributed by atoms with Crippen LogP contribution in [0, 0.1) is 62.3 Å². The quantitative estimate of drug-likeness (QED) is 0.167. The average Bonchev–Trinajstić information content (AvgIpc) is 1.05. The molecular weight excluding hydrogens is 1280 g/mol. The highest BCUT2D eigenvalue weighted by molar-refractivity contribution is 7.34. The Balaban J connectivity index is 0.880. The summed E-state index contributed by atoms with van der Waals surface area (Å²) in [7, 11) is 0. The maximum absolute atomic E-state index is 7.98. The number of nitrogens with one attached hydrogen (secondary N) is 1. The summed E-state index contributed by atoms with van der Waals surface area (Å²) in [5.41, 5.74) is 39.1. The SMILES string of the molecule is Cc1cc(C)c(N2c3cc4c(cc3B3c5cc6c(cc5Oc5cc(-c7ccccc7C)cc2c53)N(c2c(C)cc(C)cc2C)c2cc(-c3ccccc3C)cc3c2B6c2sc5ccccc5c2O3)B2c3sc5ccccc5c3N(c3ccccc3)c3cc(-c5ccccc5C)cc(c32)N4)c(C)c1. The summed E-state index contributed by atoms with van der Waals surface area (Å²) in [5.74, 6) is 3.55. The minimum atomic E-state index is -0.282. The fraction of sp³-hybridized carbons (Fsp3) is 0.0989. The second-order valence-electron chi connectivity index (χ2n) is 29.2. The molecule has 0 fully saturated rings. The number of fused-ring (bicyclic) bond motifs is 16. The fourth-order valence-electron chi connectivity index (χ4n) is 18.7. The zero-order valence-electron chi connectivity index (χ0n) is 58.2. The largest absolute Gasteiger partial charge is 0.458 e. The van der Waals surface area contributed by atoms with Crippen molar-refractivity contribution in [3.63, 3.8) is 0 Å². The van der Waals surface area contributed by atoms with Gasteiger partial charge < -0.3 is 29.5 Å². The Morgan fingerprint density at radius 1 is 0.314 bits per heavy atom. The van der Waals surface area contributed by atoms with Crippen LogP contribution in [0.1, 0.15) is 50.1 Å². The second kappa shape index (κ2) is 21.9. The molecule has 0 atom stereocenters. The molecule has 0 bridgehead atoms. The molecule has 11 heteroatoms. The second-order valence-corrected chi connectivity index (χ2v) is 31.4. The summed E-state index contributed by atoms with van der Waals surface area (Å²) in [6.45, 7) is 19.7. The van der Waals surface area contributed by atoms with E-state index in [9.17, 15) is 0 Å². The number of rotatable bonds is 6. The maximum Gasteiger partial charge on any atom is 0.268 e. The van der Waals surface area contributed by atoms with Crippen LogP contribution >= 0.6 is 22.7 Å². The van der Waals surface area contributed by atoms with Crippen molar-refractivity contribution in [3.05, 3.63) is 287 Å². The third-order valence-electron chi connectivity index (χ3n) is 22.8. The number of anilines is 11. The predicted octanol–water partition coefficient (Wildman–Crippen LogP) is 19.1. The van der Waals surface area contributed by atoms with Crippen molar-refractivity contribution in [3.8, 4) is 56.4 Å². The van der Waals surface area contributed by atoms with Gasteiger partial charge in [-0.15, -0.1) is 22.7 Å². The first-order chi connectivity index (χ1) is 49.8. The van der Waals surface area contributed by atoms with Gasteiger partial charge in [-0.25, -0.2) is 0 Å². The van der Waals surface area contributed by atoms with Crippen LogP contribution in [0.15, 0.2) is 237 Å². The lowest BCUT2D eigenvalue weighted by molar-refractivity contribution is 0.488. The van der Waals surface area contributed by atoms with Crippen LogP contribution in [0.25, 0.3) is 53.6 Å². The molecule has 13 aromatic carbocycles. The third kappa shape index (κ3) is 8.49. The molecule has 0 aliphatic carbocycles. The first-order valence-electron chi connectivity index (χ1n) is 35.6. The molecule has 6 aliphatic rings. The van der Waals surface area contributed by atoms with Crippen LogP contribution in [0.5, 0.6) is 23.0 Å². The number of ether oxygens (including phenoxy) is 2. The Morgan fingerprint density at radius 2 is 0.775 bits per heavy atom. The van der Waals surface area contributed by atoms with E-state index < -0.39 is 0 Å². The minimum absolute atomic E-state index is 0.124. The van der Waals surface area contributed by atoms with Crippen LogP contribution in [0.2, 0.25) is 0 Å². The molecule has 0 saturated carbocycles. The summed E-state index contributed by atoms with van der Waals surface area (Å²) < 4.78 is 20.6.